The Bertz CT molecular complexity index is 1500. The molecular formula is C29H29N5O5. The van der Waals surface area contributed by atoms with Crippen LogP contribution in [0.5, 0.6) is 11.5 Å². The lowest BCUT2D eigenvalue weighted by Gasteiger charge is -2.32. The molecule has 2 atom stereocenters. The van der Waals surface area contributed by atoms with E-state index in [-0.39, 0.29) is 31.3 Å². The monoisotopic (exact) mass is 527 g/mol. The number of nitrogens with one attached hydrogen (secondary N) is 1. The fourth-order valence-electron chi connectivity index (χ4n) is 4.99. The maximum atomic E-state index is 14.2. The normalized spacial score (nSPS) is 16.8. The predicted octanol–water partition coefficient (Wildman–Crippen LogP) is 3.54. The first-order valence-corrected chi connectivity index (χ1v) is 13.0. The number of ether oxygens (including phenoxy) is 3. The second kappa shape index (κ2) is 10.7. The van der Waals surface area contributed by atoms with Crippen LogP contribution in [0.4, 0.5) is 5.69 Å². The molecule has 3 aromatic carbocycles. The summed E-state index contributed by atoms with van der Waals surface area (Å²) in [5.74, 6) is 0.466. The Morgan fingerprint density at radius 3 is 2.72 bits per heavy atom. The summed E-state index contributed by atoms with van der Waals surface area (Å²) in [7, 11) is 0. The summed E-state index contributed by atoms with van der Waals surface area (Å²) in [6.07, 6.45) is 1.82. The van der Waals surface area contributed by atoms with Gasteiger partial charge in [0.15, 0.2) is 11.5 Å². The quantitative estimate of drug-likeness (QED) is 0.373. The van der Waals surface area contributed by atoms with Crippen LogP contribution in [0.3, 0.4) is 0 Å². The Labute approximate surface area is 225 Å². The minimum atomic E-state index is -0.949. The van der Waals surface area contributed by atoms with E-state index in [1.54, 1.807) is 22.9 Å². The zero-order valence-corrected chi connectivity index (χ0v) is 21.6. The van der Waals surface area contributed by atoms with Gasteiger partial charge in [-0.25, -0.2) is 4.68 Å². The number of aryl methyl sites for hydroxylation is 1. The van der Waals surface area contributed by atoms with Gasteiger partial charge in [-0.2, -0.15) is 0 Å². The number of hydrogen-bond acceptors (Lipinski definition) is 7. The third-order valence-electron chi connectivity index (χ3n) is 7.04. The highest BCUT2D eigenvalue weighted by Gasteiger charge is 2.34. The van der Waals surface area contributed by atoms with Crippen LogP contribution in [0, 0.1) is 6.92 Å². The number of carbonyl (C=O) groups is 2. The molecular weight excluding hydrogens is 498 g/mol. The van der Waals surface area contributed by atoms with E-state index >= 15 is 0 Å². The van der Waals surface area contributed by atoms with Crippen molar-refractivity contribution in [3.8, 4) is 11.5 Å². The number of rotatable bonds is 8. The van der Waals surface area contributed by atoms with Gasteiger partial charge in [0, 0.05) is 24.9 Å². The van der Waals surface area contributed by atoms with E-state index < -0.39 is 6.04 Å². The van der Waals surface area contributed by atoms with Crippen LogP contribution in [0.2, 0.25) is 0 Å². The van der Waals surface area contributed by atoms with E-state index in [0.29, 0.717) is 41.4 Å². The van der Waals surface area contributed by atoms with Gasteiger partial charge in [-0.05, 0) is 49.6 Å². The fraction of sp³-hybridized carbons (Fsp3) is 0.310. The van der Waals surface area contributed by atoms with Gasteiger partial charge < -0.3 is 19.5 Å². The molecule has 0 spiro atoms. The number of benzene rings is 3. The van der Waals surface area contributed by atoms with Crippen molar-refractivity contribution in [2.45, 2.75) is 38.5 Å². The topological polar surface area (TPSA) is 108 Å². The third-order valence-corrected chi connectivity index (χ3v) is 7.04. The molecule has 0 unspecified atom stereocenters. The number of anilines is 1. The van der Waals surface area contributed by atoms with Crippen LogP contribution in [-0.2, 0) is 20.9 Å². The van der Waals surface area contributed by atoms with Gasteiger partial charge in [0.2, 0.25) is 18.6 Å². The van der Waals surface area contributed by atoms with Gasteiger partial charge in [-0.15, -0.1) is 5.10 Å². The molecule has 39 heavy (non-hydrogen) atoms. The summed E-state index contributed by atoms with van der Waals surface area (Å²) in [5.41, 5.74) is 3.65. The van der Waals surface area contributed by atoms with Crippen LogP contribution in [0.1, 0.15) is 30.0 Å². The molecule has 0 bridgehead atoms. The van der Waals surface area contributed by atoms with E-state index in [0.717, 1.165) is 23.9 Å². The Kier molecular flexibility index (Phi) is 6.85. The van der Waals surface area contributed by atoms with E-state index in [1.165, 1.54) is 4.90 Å². The van der Waals surface area contributed by atoms with Crippen molar-refractivity contribution < 1.29 is 23.8 Å². The minimum Gasteiger partial charge on any atom is -0.454 e. The highest BCUT2D eigenvalue weighted by Crippen LogP contribution is 2.38. The van der Waals surface area contributed by atoms with Crippen molar-refractivity contribution in [3.63, 3.8) is 0 Å². The molecule has 2 amide bonds. The van der Waals surface area contributed by atoms with Gasteiger partial charge in [0.1, 0.15) is 18.1 Å². The second-order valence-corrected chi connectivity index (χ2v) is 9.73. The van der Waals surface area contributed by atoms with Crippen LogP contribution < -0.4 is 19.7 Å². The van der Waals surface area contributed by atoms with Crippen molar-refractivity contribution >= 4 is 28.5 Å². The highest BCUT2D eigenvalue weighted by atomic mass is 16.7. The average Bonchev–Trinajstić information content (AvgIpc) is 3.72. The summed E-state index contributed by atoms with van der Waals surface area (Å²) in [5, 5.41) is 11.4. The number of carbonyl (C=O) groups excluding carboxylic acids is 2. The van der Waals surface area contributed by atoms with E-state index in [9.17, 15) is 9.59 Å². The van der Waals surface area contributed by atoms with Crippen LogP contribution in [-0.4, -0.2) is 52.9 Å². The van der Waals surface area contributed by atoms with Crippen LogP contribution >= 0.6 is 0 Å². The molecule has 200 valence electrons. The molecule has 1 fully saturated rings. The standard InChI is InChI=1S/C29H29N5O5/c1-19-8-10-20(11-9-19)28(29(36)30-16-22-5-4-14-37-22)34(21-12-13-25-26(15-21)39-18-38-25)27(35)17-33-24-7-3-2-6-23(24)31-32-33/h2-3,6-13,15,22,28H,4-5,14,16-18H2,1H3,(H,30,36)/t22-,28-/m1/s1. The largest absolute Gasteiger partial charge is 0.454 e. The predicted molar refractivity (Wildman–Crippen MR) is 143 cm³/mol. The average molecular weight is 528 g/mol. The van der Waals surface area contributed by atoms with Crippen LogP contribution in [0.15, 0.2) is 66.7 Å². The summed E-state index contributed by atoms with van der Waals surface area (Å²) < 4.78 is 18.4. The molecule has 10 heteroatoms. The number of amides is 2. The smallest absolute Gasteiger partial charge is 0.249 e. The van der Waals surface area contributed by atoms with Crippen molar-refractivity contribution in [2.24, 2.45) is 0 Å². The van der Waals surface area contributed by atoms with Crippen molar-refractivity contribution in [1.82, 2.24) is 20.3 Å². The SMILES string of the molecule is Cc1ccc([C@H](C(=O)NC[C@H]2CCCO2)N(C(=O)Cn2nnc3ccccc32)c2ccc3c(c2)OCO3)cc1. The summed E-state index contributed by atoms with van der Waals surface area (Å²) >= 11 is 0. The summed E-state index contributed by atoms with van der Waals surface area (Å²) in [6, 6.07) is 19.4. The maximum absolute atomic E-state index is 14.2. The summed E-state index contributed by atoms with van der Waals surface area (Å²) in [6.45, 7) is 3.03. The number of aromatic nitrogens is 3. The van der Waals surface area contributed by atoms with Gasteiger partial charge in [0.25, 0.3) is 0 Å². The number of para-hydroxylation sites is 1. The van der Waals surface area contributed by atoms with E-state index in [4.69, 9.17) is 14.2 Å². The maximum Gasteiger partial charge on any atom is 0.249 e. The molecule has 2 aliphatic heterocycles. The molecule has 3 heterocycles. The molecule has 2 aliphatic rings. The Hall–Kier alpha value is -4.44. The molecule has 1 N–H and O–H groups in total. The lowest BCUT2D eigenvalue weighted by molar-refractivity contribution is -0.127. The number of nitrogens with zero attached hydrogens (tertiary/aromatic N) is 4. The molecule has 0 aliphatic carbocycles. The number of fused-ring (bicyclic) bond motifs is 2. The first kappa shape index (κ1) is 24.9. The lowest BCUT2D eigenvalue weighted by Crippen LogP contribution is -2.46. The lowest BCUT2D eigenvalue weighted by atomic mass is 10.0. The second-order valence-electron chi connectivity index (χ2n) is 9.73. The Morgan fingerprint density at radius 1 is 1.08 bits per heavy atom. The van der Waals surface area contributed by atoms with E-state index in [2.05, 4.69) is 15.6 Å². The molecule has 4 aromatic rings. The molecule has 6 rings (SSSR count). The number of hydrogen-bond donors (Lipinski definition) is 1. The molecule has 1 aromatic heterocycles. The summed E-state index contributed by atoms with van der Waals surface area (Å²) in [4.78, 5) is 29.6. The highest BCUT2D eigenvalue weighted by molar-refractivity contribution is 6.01. The van der Waals surface area contributed by atoms with Crippen molar-refractivity contribution in [3.05, 3.63) is 77.9 Å². The zero-order chi connectivity index (χ0) is 26.8. The van der Waals surface area contributed by atoms with Gasteiger partial charge >= 0.3 is 0 Å². The molecule has 0 radical (unpaired) electrons. The first-order chi connectivity index (χ1) is 19.1. The minimum absolute atomic E-state index is 0.0381. The molecule has 0 saturated carbocycles. The van der Waals surface area contributed by atoms with Crippen molar-refractivity contribution in [1.29, 1.82) is 0 Å². The van der Waals surface area contributed by atoms with Gasteiger partial charge in [0.05, 0.1) is 11.6 Å². The fourth-order valence-corrected chi connectivity index (χ4v) is 4.99. The van der Waals surface area contributed by atoms with Gasteiger partial charge in [-0.1, -0.05) is 47.2 Å². The first-order valence-electron chi connectivity index (χ1n) is 13.0. The van der Waals surface area contributed by atoms with Crippen LogP contribution in [0.25, 0.3) is 11.0 Å². The Morgan fingerprint density at radius 2 is 1.90 bits per heavy atom. The van der Waals surface area contributed by atoms with Gasteiger partial charge in [-0.3, -0.25) is 14.5 Å². The van der Waals surface area contributed by atoms with E-state index in [1.807, 2.05) is 55.5 Å². The molecule has 10 nitrogen and oxygen atoms in total. The molecule has 1 saturated heterocycles. The zero-order valence-electron chi connectivity index (χ0n) is 21.6. The third kappa shape index (κ3) is 5.15. The Balaban J connectivity index is 1.40. The van der Waals surface area contributed by atoms with Crippen molar-refractivity contribution in [2.75, 3.05) is 24.8 Å².